The fraction of sp³-hybridized carbons (Fsp3) is 0.958. The van der Waals surface area contributed by atoms with E-state index in [1.165, 1.54) is 19.3 Å². The van der Waals surface area contributed by atoms with Crippen molar-refractivity contribution in [2.45, 2.75) is 98.3 Å². The highest BCUT2D eigenvalue weighted by Crippen LogP contribution is 2.68. The molecule has 4 aliphatic rings. The fourth-order valence-corrected chi connectivity index (χ4v) is 8.40. The van der Waals surface area contributed by atoms with Crippen LogP contribution in [0.1, 0.15) is 98.3 Å². The van der Waals surface area contributed by atoms with Crippen molar-refractivity contribution in [2.75, 3.05) is 0 Å². The van der Waals surface area contributed by atoms with Gasteiger partial charge in [-0.1, -0.05) is 47.0 Å². The van der Waals surface area contributed by atoms with Gasteiger partial charge in [0, 0.05) is 0 Å². The summed E-state index contributed by atoms with van der Waals surface area (Å²) in [4.78, 5) is 16.2. The zero-order chi connectivity index (χ0) is 18.9. The average Bonchev–Trinajstić information content (AvgIpc) is 2.93. The van der Waals surface area contributed by atoms with Crippen LogP contribution >= 0.6 is 0 Å². The number of hydrogen-bond acceptors (Lipinski definition) is 2. The Balaban J connectivity index is 0.000000613. The van der Waals surface area contributed by atoms with Gasteiger partial charge >= 0.3 is 6.15 Å². The molecule has 0 aromatic heterocycles. The molecule has 4 rings (SSSR count). The van der Waals surface area contributed by atoms with E-state index in [1.807, 2.05) is 0 Å². The Morgan fingerprint density at radius 3 is 2.23 bits per heavy atom. The topological polar surface area (TPSA) is 34.1 Å². The second kappa shape index (κ2) is 7.78. The van der Waals surface area contributed by atoms with E-state index in [4.69, 9.17) is 9.59 Å². The summed E-state index contributed by atoms with van der Waals surface area (Å²) in [5.74, 6) is 6.35. The molecule has 0 heterocycles. The van der Waals surface area contributed by atoms with Crippen molar-refractivity contribution >= 4 is 6.15 Å². The van der Waals surface area contributed by atoms with Crippen LogP contribution in [-0.4, -0.2) is 6.15 Å². The van der Waals surface area contributed by atoms with Crippen LogP contribution in [-0.2, 0) is 9.59 Å². The van der Waals surface area contributed by atoms with Crippen LogP contribution in [0.25, 0.3) is 0 Å². The third-order valence-corrected chi connectivity index (χ3v) is 9.76. The molecule has 2 heteroatoms. The van der Waals surface area contributed by atoms with Gasteiger partial charge in [-0.3, -0.25) is 0 Å². The van der Waals surface area contributed by atoms with E-state index in [1.54, 1.807) is 51.4 Å². The van der Waals surface area contributed by atoms with Crippen molar-refractivity contribution in [1.29, 1.82) is 0 Å². The van der Waals surface area contributed by atoms with Gasteiger partial charge in [0.1, 0.15) is 0 Å². The molecule has 0 spiro atoms. The molecule has 0 amide bonds. The summed E-state index contributed by atoms with van der Waals surface area (Å²) in [5.41, 5.74) is 1.42. The van der Waals surface area contributed by atoms with E-state index in [2.05, 4.69) is 27.7 Å². The molecular weight excluding hydrogens is 320 g/mol. The molecule has 8 atom stereocenters. The maximum Gasteiger partial charge on any atom is 0.373 e. The summed E-state index contributed by atoms with van der Waals surface area (Å²) in [6.07, 6.45) is 17.1. The summed E-state index contributed by atoms with van der Waals surface area (Å²) in [6.45, 7) is 10.3. The van der Waals surface area contributed by atoms with Gasteiger partial charge in [-0.15, -0.1) is 0 Å². The van der Waals surface area contributed by atoms with E-state index in [9.17, 15) is 0 Å². The molecule has 2 nitrogen and oxygen atoms in total. The van der Waals surface area contributed by atoms with E-state index in [-0.39, 0.29) is 6.15 Å². The first-order valence-corrected chi connectivity index (χ1v) is 11.4. The Bertz CT molecular complexity index is 522. The van der Waals surface area contributed by atoms with Crippen LogP contribution in [0.5, 0.6) is 0 Å². The lowest BCUT2D eigenvalue weighted by atomic mass is 9.44. The second-order valence-corrected chi connectivity index (χ2v) is 10.7. The van der Waals surface area contributed by atoms with Crippen molar-refractivity contribution in [1.82, 2.24) is 0 Å². The minimum atomic E-state index is 0.250. The maximum absolute atomic E-state index is 8.12. The van der Waals surface area contributed by atoms with E-state index >= 15 is 0 Å². The Kier molecular flexibility index (Phi) is 6.02. The predicted molar refractivity (Wildman–Crippen MR) is 104 cm³/mol. The third-order valence-electron chi connectivity index (χ3n) is 9.76. The van der Waals surface area contributed by atoms with Gasteiger partial charge in [0.05, 0.1) is 0 Å². The van der Waals surface area contributed by atoms with Crippen LogP contribution < -0.4 is 0 Å². The normalized spacial score (nSPS) is 49.7. The van der Waals surface area contributed by atoms with Crippen molar-refractivity contribution in [3.05, 3.63) is 0 Å². The molecule has 148 valence electrons. The molecule has 4 saturated carbocycles. The van der Waals surface area contributed by atoms with Crippen LogP contribution in [0, 0.1) is 46.3 Å². The molecule has 0 aliphatic heterocycles. The van der Waals surface area contributed by atoms with Gasteiger partial charge < -0.3 is 0 Å². The van der Waals surface area contributed by atoms with Crippen molar-refractivity contribution in [3.63, 3.8) is 0 Å². The Morgan fingerprint density at radius 1 is 0.885 bits per heavy atom. The zero-order valence-corrected chi connectivity index (χ0v) is 17.6. The van der Waals surface area contributed by atoms with Crippen molar-refractivity contribution < 1.29 is 9.59 Å². The smallest absolute Gasteiger partial charge is 0.186 e. The monoisotopic (exact) mass is 360 g/mol. The van der Waals surface area contributed by atoms with Crippen molar-refractivity contribution in [3.8, 4) is 0 Å². The molecule has 0 radical (unpaired) electrons. The Hall–Kier alpha value is -0.620. The largest absolute Gasteiger partial charge is 0.373 e. The van der Waals surface area contributed by atoms with Crippen LogP contribution in [0.4, 0.5) is 0 Å². The summed E-state index contributed by atoms with van der Waals surface area (Å²) in [5, 5.41) is 0. The van der Waals surface area contributed by atoms with Crippen LogP contribution in [0.3, 0.4) is 0 Å². The first-order chi connectivity index (χ1) is 12.4. The Morgan fingerprint density at radius 2 is 1.54 bits per heavy atom. The molecule has 0 aromatic rings. The van der Waals surface area contributed by atoms with Gasteiger partial charge in [-0.2, -0.15) is 9.59 Å². The fourth-order valence-electron chi connectivity index (χ4n) is 8.40. The Labute approximate surface area is 160 Å². The van der Waals surface area contributed by atoms with E-state index < -0.39 is 0 Å². The van der Waals surface area contributed by atoms with Crippen LogP contribution in [0.2, 0.25) is 0 Å². The quantitative estimate of drug-likeness (QED) is 0.563. The lowest BCUT2D eigenvalue weighted by molar-refractivity contribution is -0.191. The summed E-state index contributed by atoms with van der Waals surface area (Å²) < 4.78 is 0. The standard InChI is InChI=1S/C23H40.CO2/c1-5-6-17-8-10-20-19-9-7-18-15-16(2)11-13-23(18,4)21(19)12-14-22(17,20)3;2-1-3/h16-21H,5-15H2,1-4H3;/t16-,17-,18-,19?,20?,21?,22+,23-;/m0./s1. The van der Waals surface area contributed by atoms with Gasteiger partial charge in [0.2, 0.25) is 0 Å². The molecule has 0 bridgehead atoms. The lowest BCUT2D eigenvalue weighted by Gasteiger charge is -2.61. The third kappa shape index (κ3) is 3.21. The minimum Gasteiger partial charge on any atom is -0.186 e. The van der Waals surface area contributed by atoms with Gasteiger partial charge in [-0.25, -0.2) is 0 Å². The molecular formula is C24H40O2. The summed E-state index contributed by atoms with van der Waals surface area (Å²) in [6, 6.07) is 0. The summed E-state index contributed by atoms with van der Waals surface area (Å²) in [7, 11) is 0. The molecule has 0 N–H and O–H groups in total. The highest BCUT2D eigenvalue weighted by atomic mass is 16.2. The highest BCUT2D eigenvalue weighted by Gasteiger charge is 2.59. The van der Waals surface area contributed by atoms with Gasteiger partial charge in [0.25, 0.3) is 0 Å². The van der Waals surface area contributed by atoms with E-state index in [0.717, 1.165) is 35.5 Å². The first-order valence-electron chi connectivity index (χ1n) is 11.4. The predicted octanol–water partition coefficient (Wildman–Crippen LogP) is 6.50. The molecule has 3 unspecified atom stereocenters. The summed E-state index contributed by atoms with van der Waals surface area (Å²) >= 11 is 0. The maximum atomic E-state index is 8.12. The first kappa shape index (κ1) is 20.1. The van der Waals surface area contributed by atoms with Crippen molar-refractivity contribution in [2.24, 2.45) is 46.3 Å². The molecule has 0 aromatic carbocycles. The number of rotatable bonds is 2. The number of carbonyl (C=O) groups excluding carboxylic acids is 2. The molecule has 4 aliphatic carbocycles. The van der Waals surface area contributed by atoms with E-state index in [0.29, 0.717) is 10.8 Å². The van der Waals surface area contributed by atoms with Gasteiger partial charge in [-0.05, 0) is 97.7 Å². The molecule has 0 saturated heterocycles. The highest BCUT2D eigenvalue weighted by molar-refractivity contribution is 5.20. The lowest BCUT2D eigenvalue weighted by Crippen LogP contribution is -2.53. The number of hydrogen-bond donors (Lipinski definition) is 0. The minimum absolute atomic E-state index is 0.250. The number of fused-ring (bicyclic) bond motifs is 5. The SMILES string of the molecule is CCC[C@H]1CCC2C3CC[C@H]4C[C@@H](C)CC[C@]4(C)C3CC[C@@]21C.O=C=O. The van der Waals surface area contributed by atoms with Crippen LogP contribution in [0.15, 0.2) is 0 Å². The molecule has 4 fully saturated rings. The molecule has 26 heavy (non-hydrogen) atoms. The average molecular weight is 361 g/mol. The second-order valence-electron chi connectivity index (χ2n) is 10.7. The zero-order valence-electron chi connectivity index (χ0n) is 17.6. The van der Waals surface area contributed by atoms with Gasteiger partial charge in [0.15, 0.2) is 0 Å².